The molecule has 1 rings (SSSR count). The van der Waals surface area contributed by atoms with Gasteiger partial charge in [-0.1, -0.05) is 142 Å². The Hall–Kier alpha value is -2.37. The van der Waals surface area contributed by atoms with Crippen molar-refractivity contribution in [2.24, 2.45) is 0 Å². The summed E-state index contributed by atoms with van der Waals surface area (Å²) in [4.78, 5) is 34.6. The van der Waals surface area contributed by atoms with Crippen molar-refractivity contribution in [3.8, 4) is 0 Å². The van der Waals surface area contributed by atoms with Crippen LogP contribution >= 0.6 is 0 Å². The number of carbonyl (C=O) groups is 3. The second kappa shape index (κ2) is 23.5. The minimum Gasteiger partial charge on any atom is -0.478 e. The van der Waals surface area contributed by atoms with Crippen molar-refractivity contribution in [1.29, 1.82) is 0 Å². The lowest BCUT2D eigenvalue weighted by Crippen LogP contribution is -2.13. The molecule has 0 atom stereocenters. The average Bonchev–Trinajstić information content (AvgIpc) is 2.92. The SMILES string of the molecule is CCCCCCCCCCCCCCCCCCCCCCCCOC(=O)c1ccc(C(=O)O)cc1C(=O)O. The molecule has 6 heteroatoms. The number of hydrogen-bond acceptors (Lipinski definition) is 4. The molecular formula is C33H54O6. The van der Waals surface area contributed by atoms with Gasteiger partial charge in [0.15, 0.2) is 0 Å². The van der Waals surface area contributed by atoms with Crippen LogP contribution in [0.25, 0.3) is 0 Å². The van der Waals surface area contributed by atoms with Crippen LogP contribution in [0.15, 0.2) is 18.2 Å². The summed E-state index contributed by atoms with van der Waals surface area (Å²) in [6, 6.07) is 3.40. The molecule has 1 aromatic carbocycles. The lowest BCUT2D eigenvalue weighted by atomic mass is 10.0. The van der Waals surface area contributed by atoms with Gasteiger partial charge < -0.3 is 14.9 Å². The summed E-state index contributed by atoms with van der Waals surface area (Å²) in [6.45, 7) is 2.51. The van der Waals surface area contributed by atoms with Crippen LogP contribution in [0.1, 0.15) is 179 Å². The van der Waals surface area contributed by atoms with Crippen LogP contribution in [0, 0.1) is 0 Å². The summed E-state index contributed by atoms with van der Waals surface area (Å²) in [5, 5.41) is 18.3. The molecule has 0 saturated heterocycles. The van der Waals surface area contributed by atoms with Crippen LogP contribution < -0.4 is 0 Å². The molecule has 222 valence electrons. The number of carboxylic acids is 2. The predicted octanol–water partition coefficient (Wildman–Crippen LogP) is 9.84. The van der Waals surface area contributed by atoms with E-state index in [2.05, 4.69) is 6.92 Å². The number of esters is 1. The molecule has 1 aromatic rings. The first-order valence-corrected chi connectivity index (χ1v) is 15.7. The van der Waals surface area contributed by atoms with E-state index < -0.39 is 17.9 Å². The Morgan fingerprint density at radius 3 is 1.28 bits per heavy atom. The van der Waals surface area contributed by atoms with Gasteiger partial charge in [-0.15, -0.1) is 0 Å². The molecule has 0 aliphatic rings. The second-order valence-corrected chi connectivity index (χ2v) is 10.9. The highest BCUT2D eigenvalue weighted by molar-refractivity contribution is 6.04. The monoisotopic (exact) mass is 546 g/mol. The fraction of sp³-hybridized carbons (Fsp3) is 0.727. The molecule has 0 aliphatic heterocycles. The van der Waals surface area contributed by atoms with Crippen molar-refractivity contribution >= 4 is 17.9 Å². The summed E-state index contributed by atoms with van der Waals surface area (Å²) < 4.78 is 5.21. The molecule has 6 nitrogen and oxygen atoms in total. The summed E-state index contributed by atoms with van der Waals surface area (Å²) in [5.74, 6) is -3.32. The van der Waals surface area contributed by atoms with E-state index in [0.29, 0.717) is 0 Å². The van der Waals surface area contributed by atoms with Crippen LogP contribution in [0.2, 0.25) is 0 Å². The quantitative estimate of drug-likeness (QED) is 0.0885. The Kier molecular flexibility index (Phi) is 20.9. The van der Waals surface area contributed by atoms with E-state index in [4.69, 9.17) is 9.84 Å². The first-order valence-electron chi connectivity index (χ1n) is 15.7. The van der Waals surface area contributed by atoms with E-state index in [-0.39, 0.29) is 23.3 Å². The van der Waals surface area contributed by atoms with E-state index in [0.717, 1.165) is 25.3 Å². The standard InChI is InChI=1S/C33H54O6/c1-2-3-4-5-6-7-8-9-10-11-12-13-14-15-16-17-18-19-20-21-22-23-26-39-33(38)29-25-24-28(31(34)35)27-30(29)32(36)37/h24-25,27H,2-23,26H2,1H3,(H,34,35)(H,36,37). The number of ether oxygens (including phenoxy) is 1. The number of carbonyl (C=O) groups excluding carboxylic acids is 1. The van der Waals surface area contributed by atoms with Crippen LogP contribution in [0.3, 0.4) is 0 Å². The Morgan fingerprint density at radius 1 is 0.538 bits per heavy atom. The van der Waals surface area contributed by atoms with Crippen LogP contribution in [-0.2, 0) is 4.74 Å². The van der Waals surface area contributed by atoms with Crippen molar-refractivity contribution in [2.75, 3.05) is 6.61 Å². The first kappa shape index (κ1) is 34.7. The number of carboxylic acid groups (broad SMARTS) is 2. The molecule has 2 N–H and O–H groups in total. The molecular weight excluding hydrogens is 492 g/mol. The molecule has 0 fully saturated rings. The fourth-order valence-electron chi connectivity index (χ4n) is 4.99. The van der Waals surface area contributed by atoms with Gasteiger partial charge in [0.05, 0.1) is 23.3 Å². The highest BCUT2D eigenvalue weighted by Crippen LogP contribution is 2.17. The molecule has 0 unspecified atom stereocenters. The number of rotatable bonds is 26. The first-order chi connectivity index (χ1) is 19.0. The van der Waals surface area contributed by atoms with E-state index in [1.807, 2.05) is 0 Å². The van der Waals surface area contributed by atoms with E-state index in [9.17, 15) is 19.5 Å². The smallest absolute Gasteiger partial charge is 0.339 e. The fourth-order valence-corrected chi connectivity index (χ4v) is 4.99. The number of hydrogen-bond donors (Lipinski definition) is 2. The van der Waals surface area contributed by atoms with Gasteiger partial charge in [-0.3, -0.25) is 0 Å². The zero-order valence-corrected chi connectivity index (χ0v) is 24.5. The van der Waals surface area contributed by atoms with E-state index in [1.165, 1.54) is 134 Å². The molecule has 39 heavy (non-hydrogen) atoms. The molecule has 0 heterocycles. The summed E-state index contributed by atoms with van der Waals surface area (Å²) in [7, 11) is 0. The number of unbranched alkanes of at least 4 members (excludes halogenated alkanes) is 21. The predicted molar refractivity (Wildman–Crippen MR) is 158 cm³/mol. The molecule has 0 radical (unpaired) electrons. The third-order valence-corrected chi connectivity index (χ3v) is 7.45. The van der Waals surface area contributed by atoms with Gasteiger partial charge in [0, 0.05) is 0 Å². The van der Waals surface area contributed by atoms with Crippen molar-refractivity contribution in [3.63, 3.8) is 0 Å². The lowest BCUT2D eigenvalue weighted by Gasteiger charge is -2.08. The molecule has 0 aliphatic carbocycles. The highest BCUT2D eigenvalue weighted by Gasteiger charge is 2.20. The van der Waals surface area contributed by atoms with Crippen molar-refractivity contribution in [3.05, 3.63) is 34.9 Å². The molecule has 0 bridgehead atoms. The van der Waals surface area contributed by atoms with Gasteiger partial charge in [0.2, 0.25) is 0 Å². The van der Waals surface area contributed by atoms with Gasteiger partial charge in [0.25, 0.3) is 0 Å². The van der Waals surface area contributed by atoms with Crippen LogP contribution in [0.5, 0.6) is 0 Å². The lowest BCUT2D eigenvalue weighted by molar-refractivity contribution is 0.0486. The minimum atomic E-state index is -1.35. The Morgan fingerprint density at radius 2 is 0.923 bits per heavy atom. The highest BCUT2D eigenvalue weighted by atomic mass is 16.5. The largest absolute Gasteiger partial charge is 0.478 e. The van der Waals surface area contributed by atoms with Gasteiger partial charge >= 0.3 is 17.9 Å². The zero-order valence-electron chi connectivity index (χ0n) is 24.5. The van der Waals surface area contributed by atoms with Crippen molar-refractivity contribution < 1.29 is 29.3 Å². The number of aromatic carboxylic acids is 2. The van der Waals surface area contributed by atoms with Gasteiger partial charge in [-0.05, 0) is 24.6 Å². The minimum absolute atomic E-state index is 0.119. The van der Waals surface area contributed by atoms with Gasteiger partial charge in [-0.2, -0.15) is 0 Å². The average molecular weight is 547 g/mol. The van der Waals surface area contributed by atoms with E-state index in [1.54, 1.807) is 0 Å². The van der Waals surface area contributed by atoms with Gasteiger partial charge in [0.1, 0.15) is 0 Å². The molecule has 0 amide bonds. The van der Waals surface area contributed by atoms with Crippen molar-refractivity contribution in [2.45, 2.75) is 148 Å². The summed E-state index contributed by atoms with van der Waals surface area (Å²) >= 11 is 0. The summed E-state index contributed by atoms with van der Waals surface area (Å²) in [6.07, 6.45) is 28.9. The van der Waals surface area contributed by atoms with Crippen LogP contribution in [-0.4, -0.2) is 34.7 Å². The summed E-state index contributed by atoms with van der Waals surface area (Å²) in [5.41, 5.74) is -0.649. The van der Waals surface area contributed by atoms with Crippen LogP contribution in [0.4, 0.5) is 0 Å². The maximum atomic E-state index is 12.2. The second-order valence-electron chi connectivity index (χ2n) is 10.9. The molecule has 0 aromatic heterocycles. The normalized spacial score (nSPS) is 11.0. The Bertz CT molecular complexity index is 803. The maximum absolute atomic E-state index is 12.2. The maximum Gasteiger partial charge on any atom is 0.339 e. The third-order valence-electron chi connectivity index (χ3n) is 7.45. The Balaban J connectivity index is 1.89. The van der Waals surface area contributed by atoms with Crippen molar-refractivity contribution in [1.82, 2.24) is 0 Å². The topological polar surface area (TPSA) is 101 Å². The Labute approximate surface area is 236 Å². The van der Waals surface area contributed by atoms with Gasteiger partial charge in [-0.25, -0.2) is 14.4 Å². The third kappa shape index (κ3) is 17.8. The molecule has 0 saturated carbocycles. The molecule has 0 spiro atoms. The van der Waals surface area contributed by atoms with E-state index >= 15 is 0 Å². The number of benzene rings is 1. The zero-order chi connectivity index (χ0) is 28.6.